The topological polar surface area (TPSA) is 72.5 Å². The summed E-state index contributed by atoms with van der Waals surface area (Å²) in [4.78, 5) is 11.2. The summed E-state index contributed by atoms with van der Waals surface area (Å²) in [6, 6.07) is -0.0762. The summed E-state index contributed by atoms with van der Waals surface area (Å²) in [5, 5.41) is 2.55. The molecule has 18 heavy (non-hydrogen) atoms. The van der Waals surface area contributed by atoms with E-state index in [2.05, 4.69) is 23.9 Å². The molecule has 0 amide bonds. The Hall–Kier alpha value is -0.620. The highest BCUT2D eigenvalue weighted by atomic mass is 32.2. The van der Waals surface area contributed by atoms with Crippen LogP contribution in [0, 0.1) is 5.41 Å². The Balaban J connectivity index is 2.91. The number of hydrogen-bond donors (Lipinski definition) is 1. The molecular weight excluding hydrogens is 254 g/mol. The second kappa shape index (κ2) is 5.57. The van der Waals surface area contributed by atoms with Crippen molar-refractivity contribution < 1.29 is 17.9 Å². The monoisotopic (exact) mass is 277 g/mol. The van der Waals surface area contributed by atoms with Gasteiger partial charge in [0.15, 0.2) is 9.84 Å². The minimum atomic E-state index is -3.46. The largest absolute Gasteiger partial charge is 0.468 e. The van der Waals surface area contributed by atoms with Gasteiger partial charge in [0.25, 0.3) is 0 Å². The molecule has 0 bridgehead atoms. The number of ether oxygens (including phenoxy) is 1. The highest BCUT2D eigenvalue weighted by molar-refractivity contribution is 7.92. The van der Waals surface area contributed by atoms with E-state index in [1.807, 2.05) is 0 Å². The SMILES string of the molecule is CNC1CCC(C)(C)CC1S(=O)(=O)CC(=O)OC. The van der Waals surface area contributed by atoms with E-state index in [0.717, 1.165) is 12.8 Å². The number of hydrogen-bond acceptors (Lipinski definition) is 5. The smallest absolute Gasteiger partial charge is 0.320 e. The quantitative estimate of drug-likeness (QED) is 0.767. The molecule has 5 nitrogen and oxygen atoms in total. The van der Waals surface area contributed by atoms with Crippen LogP contribution in [0.3, 0.4) is 0 Å². The molecule has 1 aliphatic carbocycles. The van der Waals surface area contributed by atoms with Crippen molar-refractivity contribution in [2.75, 3.05) is 19.9 Å². The first-order chi connectivity index (χ1) is 8.22. The highest BCUT2D eigenvalue weighted by Crippen LogP contribution is 2.38. The fraction of sp³-hybridized carbons (Fsp3) is 0.917. The molecule has 6 heteroatoms. The van der Waals surface area contributed by atoms with Crippen molar-refractivity contribution in [1.82, 2.24) is 5.32 Å². The number of carbonyl (C=O) groups is 1. The van der Waals surface area contributed by atoms with Crippen molar-refractivity contribution in [3.8, 4) is 0 Å². The number of sulfone groups is 1. The van der Waals surface area contributed by atoms with Crippen LogP contribution in [0.15, 0.2) is 0 Å². The molecule has 0 aromatic carbocycles. The second-order valence-corrected chi connectivity index (χ2v) is 7.94. The van der Waals surface area contributed by atoms with Gasteiger partial charge < -0.3 is 10.1 Å². The highest BCUT2D eigenvalue weighted by Gasteiger charge is 2.42. The van der Waals surface area contributed by atoms with Crippen LogP contribution in [0.1, 0.15) is 33.1 Å². The lowest BCUT2D eigenvalue weighted by atomic mass is 9.75. The van der Waals surface area contributed by atoms with Gasteiger partial charge in [0.1, 0.15) is 5.75 Å². The predicted molar refractivity (Wildman–Crippen MR) is 70.1 cm³/mol. The lowest BCUT2D eigenvalue weighted by molar-refractivity contribution is -0.137. The average molecular weight is 277 g/mol. The van der Waals surface area contributed by atoms with Gasteiger partial charge in [-0.15, -0.1) is 0 Å². The van der Waals surface area contributed by atoms with Crippen molar-refractivity contribution in [3.05, 3.63) is 0 Å². The third-order valence-electron chi connectivity index (χ3n) is 3.71. The molecule has 1 rings (SSSR count). The molecular formula is C12H23NO4S. The third kappa shape index (κ3) is 3.68. The molecule has 1 saturated carbocycles. The normalized spacial score (nSPS) is 27.8. The molecule has 0 aliphatic heterocycles. The Morgan fingerprint density at radius 3 is 2.56 bits per heavy atom. The summed E-state index contributed by atoms with van der Waals surface area (Å²) in [6.45, 7) is 4.14. The fourth-order valence-corrected chi connectivity index (χ4v) is 4.70. The van der Waals surface area contributed by atoms with Crippen molar-refractivity contribution >= 4 is 15.8 Å². The summed E-state index contributed by atoms with van der Waals surface area (Å²) >= 11 is 0. The summed E-state index contributed by atoms with van der Waals surface area (Å²) in [6.07, 6.45) is 2.38. The molecule has 0 radical (unpaired) electrons. The van der Waals surface area contributed by atoms with Crippen molar-refractivity contribution in [2.24, 2.45) is 5.41 Å². The molecule has 0 aromatic rings. The summed E-state index contributed by atoms with van der Waals surface area (Å²) in [7, 11) is -0.490. The van der Waals surface area contributed by atoms with Crippen LogP contribution in [-0.2, 0) is 19.4 Å². The summed E-state index contributed by atoms with van der Waals surface area (Å²) in [5.74, 6) is -1.21. The fourth-order valence-electron chi connectivity index (χ4n) is 2.56. The first-order valence-corrected chi connectivity index (χ1v) is 7.89. The van der Waals surface area contributed by atoms with E-state index in [1.54, 1.807) is 7.05 Å². The first kappa shape index (κ1) is 15.4. The van der Waals surface area contributed by atoms with E-state index >= 15 is 0 Å². The van der Waals surface area contributed by atoms with Gasteiger partial charge in [-0.1, -0.05) is 13.8 Å². The number of rotatable bonds is 4. The van der Waals surface area contributed by atoms with Gasteiger partial charge in [0.2, 0.25) is 0 Å². The standard InChI is InChI=1S/C12H23NO4S/c1-12(2)6-5-9(13-3)10(7-12)18(15,16)8-11(14)17-4/h9-10,13H,5-8H2,1-4H3. The minimum absolute atomic E-state index is 0.00120. The zero-order chi connectivity index (χ0) is 14.0. The molecule has 0 aromatic heterocycles. The van der Waals surface area contributed by atoms with Gasteiger partial charge in [0.05, 0.1) is 12.4 Å². The molecule has 0 heterocycles. The van der Waals surface area contributed by atoms with E-state index < -0.39 is 26.8 Å². The molecule has 2 unspecified atom stereocenters. The molecule has 0 spiro atoms. The zero-order valence-corrected chi connectivity index (χ0v) is 12.3. The van der Waals surface area contributed by atoms with Crippen LogP contribution >= 0.6 is 0 Å². The van der Waals surface area contributed by atoms with Crippen LogP contribution in [0.5, 0.6) is 0 Å². The van der Waals surface area contributed by atoms with Gasteiger partial charge in [0, 0.05) is 6.04 Å². The van der Waals surface area contributed by atoms with Gasteiger partial charge in [-0.25, -0.2) is 8.42 Å². The van der Waals surface area contributed by atoms with Gasteiger partial charge in [-0.3, -0.25) is 4.79 Å². The molecule has 1 N–H and O–H groups in total. The lowest BCUT2D eigenvalue weighted by Gasteiger charge is -2.40. The maximum absolute atomic E-state index is 12.3. The van der Waals surface area contributed by atoms with Crippen molar-refractivity contribution in [3.63, 3.8) is 0 Å². The van der Waals surface area contributed by atoms with Gasteiger partial charge in [-0.2, -0.15) is 0 Å². The van der Waals surface area contributed by atoms with Crippen LogP contribution in [-0.4, -0.2) is 45.6 Å². The first-order valence-electron chi connectivity index (χ1n) is 6.17. The van der Waals surface area contributed by atoms with Crippen molar-refractivity contribution in [1.29, 1.82) is 0 Å². The minimum Gasteiger partial charge on any atom is -0.468 e. The zero-order valence-electron chi connectivity index (χ0n) is 11.5. The van der Waals surface area contributed by atoms with E-state index in [0.29, 0.717) is 6.42 Å². The van der Waals surface area contributed by atoms with Gasteiger partial charge >= 0.3 is 5.97 Å². The Labute approximate surface area is 109 Å². The van der Waals surface area contributed by atoms with Crippen molar-refractivity contribution in [2.45, 2.75) is 44.4 Å². The summed E-state index contributed by atoms with van der Waals surface area (Å²) in [5.41, 5.74) is 0.00120. The molecule has 1 fully saturated rings. The number of nitrogens with one attached hydrogen (secondary N) is 1. The molecule has 0 saturated heterocycles. The number of carbonyl (C=O) groups excluding carboxylic acids is 1. The van der Waals surface area contributed by atoms with Crippen LogP contribution in [0.4, 0.5) is 0 Å². The predicted octanol–water partition coefficient (Wildman–Crippen LogP) is 0.741. The molecule has 2 atom stereocenters. The Kier molecular flexibility index (Phi) is 4.78. The Morgan fingerprint density at radius 1 is 1.44 bits per heavy atom. The molecule has 1 aliphatic rings. The van der Waals surface area contributed by atoms with E-state index in [4.69, 9.17) is 0 Å². The number of esters is 1. The Bertz CT molecular complexity index is 402. The summed E-state index contributed by atoms with van der Waals surface area (Å²) < 4.78 is 29.0. The molecule has 106 valence electrons. The van der Waals surface area contributed by atoms with E-state index in [1.165, 1.54) is 7.11 Å². The average Bonchev–Trinajstić information content (AvgIpc) is 2.27. The maximum atomic E-state index is 12.3. The van der Waals surface area contributed by atoms with Crippen LogP contribution < -0.4 is 5.32 Å². The second-order valence-electron chi connectivity index (χ2n) is 5.72. The van der Waals surface area contributed by atoms with Crippen LogP contribution in [0.25, 0.3) is 0 Å². The maximum Gasteiger partial charge on any atom is 0.320 e. The van der Waals surface area contributed by atoms with E-state index in [9.17, 15) is 13.2 Å². The van der Waals surface area contributed by atoms with E-state index in [-0.39, 0.29) is 11.5 Å². The number of methoxy groups -OCH3 is 1. The van der Waals surface area contributed by atoms with Crippen LogP contribution in [0.2, 0.25) is 0 Å². The third-order valence-corrected chi connectivity index (χ3v) is 5.77. The lowest BCUT2D eigenvalue weighted by Crippen LogP contribution is -2.50. The van der Waals surface area contributed by atoms with Gasteiger partial charge in [-0.05, 0) is 31.7 Å². The Morgan fingerprint density at radius 2 is 2.06 bits per heavy atom.